The maximum absolute atomic E-state index is 10.0. The topological polar surface area (TPSA) is 34.1 Å². The van der Waals surface area contributed by atoms with E-state index in [0.717, 1.165) is 0 Å². The molecular formula is C3H4O2P. The molecule has 2 nitrogen and oxygen atoms in total. The summed E-state index contributed by atoms with van der Waals surface area (Å²) in [4.78, 5) is 9.93. The van der Waals surface area contributed by atoms with Crippen molar-refractivity contribution in [1.82, 2.24) is 0 Å². The first-order chi connectivity index (χ1) is 2.79. The van der Waals surface area contributed by atoms with Gasteiger partial charge in [0.05, 0.1) is 20.1 Å². The van der Waals surface area contributed by atoms with E-state index in [1.54, 1.807) is 0 Å². The first-order valence-electron chi connectivity index (χ1n) is 1.73. The number of carbonyl (C=O) groups is 1. The Morgan fingerprint density at radius 1 is 1.50 bits per heavy atom. The zero-order valence-electron chi connectivity index (χ0n) is 3.18. The number of rotatable bonds is 0. The summed E-state index contributed by atoms with van der Waals surface area (Å²) in [5.41, 5.74) is 0. The second kappa shape index (κ2) is 1.12. The zero-order valence-corrected chi connectivity index (χ0v) is 4.07. The Morgan fingerprint density at radius 2 is 2.00 bits per heavy atom. The van der Waals surface area contributed by atoms with Gasteiger partial charge >= 0.3 is 0 Å². The minimum atomic E-state index is -1.06. The van der Waals surface area contributed by atoms with Gasteiger partial charge in [0.25, 0.3) is 0 Å². The van der Waals surface area contributed by atoms with Crippen molar-refractivity contribution in [3.8, 4) is 0 Å². The molecule has 0 aromatic carbocycles. The van der Waals surface area contributed by atoms with Gasteiger partial charge in [-0.1, -0.05) is 0 Å². The molecule has 0 aromatic rings. The van der Waals surface area contributed by atoms with Crippen molar-refractivity contribution in [2.75, 3.05) is 12.3 Å². The van der Waals surface area contributed by atoms with Crippen molar-refractivity contribution in [2.45, 2.75) is 0 Å². The Labute approximate surface area is 36.3 Å². The number of Topliss-reactive ketones (excluding diaryl/α,β-unsaturated/α-hetero) is 1. The van der Waals surface area contributed by atoms with Crippen LogP contribution in [0.3, 0.4) is 0 Å². The predicted molar refractivity (Wildman–Crippen MR) is 22.3 cm³/mol. The summed E-state index contributed by atoms with van der Waals surface area (Å²) in [5.74, 6) is 0.149. The van der Waals surface area contributed by atoms with Crippen LogP contribution in [0.2, 0.25) is 0 Å². The molecule has 0 N–H and O–H groups in total. The summed E-state index contributed by atoms with van der Waals surface area (Å²) in [5, 5.41) is 0. The number of hydrogen-bond donors (Lipinski definition) is 0. The van der Waals surface area contributed by atoms with E-state index in [1.807, 2.05) is 0 Å². The lowest BCUT2D eigenvalue weighted by Gasteiger charge is -2.05. The molecule has 0 aliphatic carbocycles. The molecule has 0 saturated carbocycles. The second-order valence-electron chi connectivity index (χ2n) is 1.34. The maximum atomic E-state index is 10.0. The number of carbonyl (C=O) groups excluding carboxylic acids is 1. The molecule has 0 spiro atoms. The summed E-state index contributed by atoms with van der Waals surface area (Å²) >= 11 is 0. The van der Waals surface area contributed by atoms with E-state index in [1.165, 1.54) is 0 Å². The fourth-order valence-corrected chi connectivity index (χ4v) is 1.04. The predicted octanol–water partition coefficient (Wildman–Crippen LogP) is 0.397. The van der Waals surface area contributed by atoms with Gasteiger partial charge in [0.2, 0.25) is 0 Å². The van der Waals surface area contributed by atoms with Crippen LogP contribution in [-0.2, 0) is 9.36 Å². The van der Waals surface area contributed by atoms with E-state index >= 15 is 0 Å². The summed E-state index contributed by atoms with van der Waals surface area (Å²) in [6.07, 6.45) is 0.685. The largest absolute Gasteiger partial charge is 0.298 e. The summed E-state index contributed by atoms with van der Waals surface area (Å²) < 4.78 is 10.0. The molecule has 1 aliphatic rings. The lowest BCUT2D eigenvalue weighted by molar-refractivity contribution is -0.115. The molecule has 1 heterocycles. The Morgan fingerprint density at radius 3 is 2.00 bits per heavy atom. The first kappa shape index (κ1) is 3.94. The Hall–Kier alpha value is -0.230. The van der Waals surface area contributed by atoms with Crippen molar-refractivity contribution in [3.63, 3.8) is 0 Å². The van der Waals surface area contributed by atoms with Crippen LogP contribution in [0.25, 0.3) is 0 Å². The zero-order chi connectivity index (χ0) is 4.57. The van der Waals surface area contributed by atoms with Crippen LogP contribution in [0.1, 0.15) is 0 Å². The Bertz CT molecular complexity index is 85.4. The van der Waals surface area contributed by atoms with Crippen molar-refractivity contribution in [3.05, 3.63) is 0 Å². The number of ketones is 1. The molecule has 1 fully saturated rings. The van der Waals surface area contributed by atoms with E-state index in [9.17, 15) is 9.36 Å². The van der Waals surface area contributed by atoms with E-state index in [-0.39, 0.29) is 5.78 Å². The SMILES string of the molecule is O=C1C[P](=O)C1. The summed E-state index contributed by atoms with van der Waals surface area (Å²) in [6.45, 7) is 0. The lowest BCUT2D eigenvalue weighted by atomic mass is 10.5. The summed E-state index contributed by atoms with van der Waals surface area (Å²) in [7, 11) is -1.06. The first-order valence-corrected chi connectivity index (χ1v) is 3.36. The molecule has 1 rings (SSSR count). The van der Waals surface area contributed by atoms with Crippen molar-refractivity contribution in [1.29, 1.82) is 0 Å². The molecule has 1 aliphatic heterocycles. The van der Waals surface area contributed by atoms with Gasteiger partial charge in [0, 0.05) is 0 Å². The normalized spacial score (nSPS) is 20.7. The minimum Gasteiger partial charge on any atom is -0.298 e. The van der Waals surface area contributed by atoms with Gasteiger partial charge in [-0.2, -0.15) is 0 Å². The Balaban J connectivity index is 2.47. The van der Waals surface area contributed by atoms with E-state index in [0.29, 0.717) is 12.3 Å². The van der Waals surface area contributed by atoms with E-state index in [2.05, 4.69) is 0 Å². The highest BCUT2D eigenvalue weighted by atomic mass is 31.1. The van der Waals surface area contributed by atoms with Gasteiger partial charge in [-0.05, 0) is 0 Å². The highest BCUT2D eigenvalue weighted by Gasteiger charge is 2.21. The van der Waals surface area contributed by atoms with Crippen LogP contribution in [0, 0.1) is 0 Å². The van der Waals surface area contributed by atoms with Gasteiger partial charge in [0.15, 0.2) is 5.78 Å². The molecule has 6 heavy (non-hydrogen) atoms. The average Bonchev–Trinajstić information content (AvgIpc) is 1.33. The lowest BCUT2D eigenvalue weighted by Crippen LogP contribution is -2.15. The highest BCUT2D eigenvalue weighted by Crippen LogP contribution is 2.29. The fraction of sp³-hybridized carbons (Fsp3) is 0.667. The third kappa shape index (κ3) is 0.479. The molecule has 0 aromatic heterocycles. The highest BCUT2D eigenvalue weighted by molar-refractivity contribution is 7.50. The monoisotopic (exact) mass is 103 g/mol. The van der Waals surface area contributed by atoms with E-state index in [4.69, 9.17) is 0 Å². The van der Waals surface area contributed by atoms with Crippen molar-refractivity contribution < 1.29 is 9.36 Å². The maximum Gasteiger partial charge on any atom is 0.154 e. The smallest absolute Gasteiger partial charge is 0.154 e. The third-order valence-corrected chi connectivity index (χ3v) is 2.12. The van der Waals surface area contributed by atoms with Gasteiger partial charge in [-0.3, -0.25) is 9.36 Å². The molecule has 1 radical (unpaired) electrons. The molecule has 0 unspecified atom stereocenters. The quantitative estimate of drug-likeness (QED) is 0.416. The van der Waals surface area contributed by atoms with Gasteiger partial charge in [-0.15, -0.1) is 0 Å². The minimum absolute atomic E-state index is 0.149. The van der Waals surface area contributed by atoms with Gasteiger partial charge in [-0.25, -0.2) is 0 Å². The molecular weight excluding hydrogens is 99.0 g/mol. The third-order valence-electron chi connectivity index (χ3n) is 0.705. The molecule has 3 heteroatoms. The van der Waals surface area contributed by atoms with Gasteiger partial charge < -0.3 is 0 Å². The van der Waals surface area contributed by atoms with Crippen LogP contribution in [0.15, 0.2) is 0 Å². The fourth-order valence-electron chi connectivity index (χ4n) is 0.347. The molecule has 0 atom stereocenters. The summed E-state index contributed by atoms with van der Waals surface area (Å²) in [6, 6.07) is 0. The molecule has 0 bridgehead atoms. The second-order valence-corrected chi connectivity index (χ2v) is 2.93. The molecule has 33 valence electrons. The van der Waals surface area contributed by atoms with Crippen molar-refractivity contribution >= 4 is 13.6 Å². The van der Waals surface area contributed by atoms with Crippen LogP contribution in [-0.4, -0.2) is 18.1 Å². The van der Waals surface area contributed by atoms with Crippen LogP contribution in [0.4, 0.5) is 0 Å². The van der Waals surface area contributed by atoms with Crippen LogP contribution >= 0.6 is 7.80 Å². The van der Waals surface area contributed by atoms with Gasteiger partial charge in [0.1, 0.15) is 0 Å². The number of hydrogen-bond acceptors (Lipinski definition) is 2. The van der Waals surface area contributed by atoms with E-state index < -0.39 is 7.80 Å². The standard InChI is InChI=1S/C3H4O2P/c4-3-1-6(5)2-3/h1-2H2. The average molecular weight is 103 g/mol. The Kier molecular flexibility index (Phi) is 0.738. The van der Waals surface area contributed by atoms with Crippen molar-refractivity contribution in [2.24, 2.45) is 0 Å². The molecule has 0 amide bonds. The molecule has 1 saturated heterocycles. The van der Waals surface area contributed by atoms with Crippen LogP contribution < -0.4 is 0 Å². The van der Waals surface area contributed by atoms with Crippen LogP contribution in [0.5, 0.6) is 0 Å².